The van der Waals surface area contributed by atoms with E-state index in [4.69, 9.17) is 4.74 Å². The second-order valence-electron chi connectivity index (χ2n) is 7.00. The molecule has 1 aliphatic carbocycles. The zero-order chi connectivity index (χ0) is 14.3. The molecule has 0 aromatic heterocycles. The molecule has 114 valence electrons. The van der Waals surface area contributed by atoms with Gasteiger partial charge in [0.15, 0.2) is 0 Å². The summed E-state index contributed by atoms with van der Waals surface area (Å²) in [6, 6.07) is 0. The van der Waals surface area contributed by atoms with Crippen molar-refractivity contribution in [3.8, 4) is 0 Å². The minimum atomic E-state index is 0.104. The van der Waals surface area contributed by atoms with E-state index < -0.39 is 0 Å². The summed E-state index contributed by atoms with van der Waals surface area (Å²) in [5, 5.41) is 3.36. The lowest BCUT2D eigenvalue weighted by atomic mass is 9.77. The lowest BCUT2D eigenvalue weighted by Crippen LogP contribution is -2.47. The van der Waals surface area contributed by atoms with E-state index in [1.165, 1.54) is 44.9 Å². The third kappa shape index (κ3) is 5.83. The highest BCUT2D eigenvalue weighted by atomic mass is 16.5. The maximum atomic E-state index is 6.49. The van der Waals surface area contributed by atoms with Crippen LogP contribution in [0.1, 0.15) is 72.6 Å². The number of rotatable bonds is 8. The van der Waals surface area contributed by atoms with Gasteiger partial charge in [0.05, 0.1) is 11.7 Å². The van der Waals surface area contributed by atoms with Crippen molar-refractivity contribution in [2.75, 3.05) is 13.6 Å². The van der Waals surface area contributed by atoms with Crippen LogP contribution in [0, 0.1) is 11.8 Å². The molecule has 0 spiro atoms. The van der Waals surface area contributed by atoms with E-state index in [0.717, 1.165) is 18.4 Å². The number of hydrogen-bond donors (Lipinski definition) is 1. The zero-order valence-electron chi connectivity index (χ0n) is 13.8. The largest absolute Gasteiger partial charge is 0.371 e. The van der Waals surface area contributed by atoms with Crippen LogP contribution in [-0.2, 0) is 4.74 Å². The van der Waals surface area contributed by atoms with E-state index in [0.29, 0.717) is 6.10 Å². The van der Waals surface area contributed by atoms with Gasteiger partial charge in [0.1, 0.15) is 0 Å². The quantitative estimate of drug-likeness (QED) is 0.706. The Hall–Kier alpha value is -0.0800. The Morgan fingerprint density at radius 1 is 1.21 bits per heavy atom. The Balaban J connectivity index is 2.51. The van der Waals surface area contributed by atoms with E-state index >= 15 is 0 Å². The monoisotopic (exact) mass is 269 g/mol. The molecule has 19 heavy (non-hydrogen) atoms. The predicted octanol–water partition coefficient (Wildman–Crippen LogP) is 4.39. The molecule has 1 fully saturated rings. The Morgan fingerprint density at radius 3 is 2.32 bits per heavy atom. The van der Waals surface area contributed by atoms with Crippen LogP contribution in [0.2, 0.25) is 0 Å². The molecular formula is C17H35NO. The number of ether oxygens (including phenoxy) is 1. The number of likely N-dealkylation sites (N-methyl/N-ethyl adjacent to an activating group) is 1. The van der Waals surface area contributed by atoms with Crippen molar-refractivity contribution in [1.82, 2.24) is 5.32 Å². The molecule has 0 saturated heterocycles. The minimum Gasteiger partial charge on any atom is -0.371 e. The summed E-state index contributed by atoms with van der Waals surface area (Å²) in [7, 11) is 2.05. The van der Waals surface area contributed by atoms with Gasteiger partial charge in [-0.2, -0.15) is 0 Å². The predicted molar refractivity (Wildman–Crippen MR) is 83.5 cm³/mol. The average molecular weight is 269 g/mol. The third-order valence-electron chi connectivity index (χ3n) is 4.47. The molecule has 0 radical (unpaired) electrons. The molecule has 0 aromatic carbocycles. The van der Waals surface area contributed by atoms with Gasteiger partial charge >= 0.3 is 0 Å². The van der Waals surface area contributed by atoms with Gasteiger partial charge in [-0.15, -0.1) is 0 Å². The van der Waals surface area contributed by atoms with Crippen molar-refractivity contribution in [2.24, 2.45) is 11.8 Å². The molecule has 1 unspecified atom stereocenters. The molecule has 1 aliphatic rings. The molecule has 1 atom stereocenters. The van der Waals surface area contributed by atoms with Crippen molar-refractivity contribution in [3.05, 3.63) is 0 Å². The van der Waals surface area contributed by atoms with Crippen LogP contribution in [0.25, 0.3) is 0 Å². The Kier molecular flexibility index (Phi) is 7.38. The summed E-state index contributed by atoms with van der Waals surface area (Å²) in [5.41, 5.74) is 0.104. The lowest BCUT2D eigenvalue weighted by molar-refractivity contribution is -0.116. The first-order chi connectivity index (χ1) is 9.01. The molecule has 1 N–H and O–H groups in total. The van der Waals surface area contributed by atoms with Crippen LogP contribution in [0.3, 0.4) is 0 Å². The molecule has 2 heteroatoms. The summed E-state index contributed by atoms with van der Waals surface area (Å²) >= 11 is 0. The van der Waals surface area contributed by atoms with Crippen molar-refractivity contribution >= 4 is 0 Å². The molecule has 1 rings (SSSR count). The molecule has 0 heterocycles. The molecule has 1 saturated carbocycles. The van der Waals surface area contributed by atoms with Gasteiger partial charge in [-0.1, -0.05) is 33.6 Å². The normalized spacial score (nSPS) is 29.7. The SMILES string of the molecule is CCCC1CCC(CNC)(OC(C)CC(C)C)CC1. The van der Waals surface area contributed by atoms with Crippen LogP contribution >= 0.6 is 0 Å². The van der Waals surface area contributed by atoms with Gasteiger partial charge < -0.3 is 10.1 Å². The van der Waals surface area contributed by atoms with Crippen LogP contribution in [0.5, 0.6) is 0 Å². The molecule has 0 aliphatic heterocycles. The smallest absolute Gasteiger partial charge is 0.0810 e. The van der Waals surface area contributed by atoms with Crippen LogP contribution in [0.4, 0.5) is 0 Å². The fourth-order valence-corrected chi connectivity index (χ4v) is 3.70. The fourth-order valence-electron chi connectivity index (χ4n) is 3.70. The van der Waals surface area contributed by atoms with Crippen molar-refractivity contribution in [3.63, 3.8) is 0 Å². The summed E-state index contributed by atoms with van der Waals surface area (Å²) in [4.78, 5) is 0. The number of hydrogen-bond acceptors (Lipinski definition) is 2. The topological polar surface area (TPSA) is 21.3 Å². The van der Waals surface area contributed by atoms with Gasteiger partial charge in [-0.25, -0.2) is 0 Å². The Bertz CT molecular complexity index is 231. The minimum absolute atomic E-state index is 0.104. The summed E-state index contributed by atoms with van der Waals surface area (Å²) in [6.07, 6.45) is 9.46. The van der Waals surface area contributed by atoms with Crippen molar-refractivity contribution in [1.29, 1.82) is 0 Å². The van der Waals surface area contributed by atoms with E-state index in [9.17, 15) is 0 Å². The van der Waals surface area contributed by atoms with Crippen molar-refractivity contribution < 1.29 is 4.74 Å². The van der Waals surface area contributed by atoms with Crippen LogP contribution in [-0.4, -0.2) is 25.3 Å². The first kappa shape index (κ1) is 17.0. The zero-order valence-corrected chi connectivity index (χ0v) is 13.8. The molecule has 2 nitrogen and oxygen atoms in total. The summed E-state index contributed by atoms with van der Waals surface area (Å²) in [6.45, 7) is 10.1. The average Bonchev–Trinajstić information content (AvgIpc) is 2.31. The van der Waals surface area contributed by atoms with Gasteiger partial charge in [-0.05, 0) is 57.9 Å². The molecular weight excluding hydrogens is 234 g/mol. The lowest BCUT2D eigenvalue weighted by Gasteiger charge is -2.42. The second kappa shape index (κ2) is 8.26. The van der Waals surface area contributed by atoms with Crippen molar-refractivity contribution in [2.45, 2.75) is 84.3 Å². The molecule has 0 aromatic rings. The Morgan fingerprint density at radius 2 is 1.84 bits per heavy atom. The first-order valence-electron chi connectivity index (χ1n) is 8.33. The standard InChI is InChI=1S/C17H35NO/c1-6-7-16-8-10-17(11-9-16,13-18-5)19-15(4)12-14(2)3/h14-16,18H,6-13H2,1-5H3. The third-order valence-corrected chi connectivity index (χ3v) is 4.47. The van der Waals surface area contributed by atoms with Gasteiger partial charge in [0, 0.05) is 6.54 Å². The van der Waals surface area contributed by atoms with Crippen LogP contribution < -0.4 is 5.32 Å². The Labute approximate surface area is 120 Å². The van der Waals surface area contributed by atoms with Crippen LogP contribution in [0.15, 0.2) is 0 Å². The molecule has 0 amide bonds. The molecule has 0 bridgehead atoms. The van der Waals surface area contributed by atoms with E-state index in [1.807, 2.05) is 0 Å². The number of nitrogens with one attached hydrogen (secondary N) is 1. The van der Waals surface area contributed by atoms with Gasteiger partial charge in [0.25, 0.3) is 0 Å². The van der Waals surface area contributed by atoms with E-state index in [2.05, 4.69) is 40.1 Å². The second-order valence-corrected chi connectivity index (χ2v) is 7.00. The summed E-state index contributed by atoms with van der Waals surface area (Å²) in [5.74, 6) is 1.66. The summed E-state index contributed by atoms with van der Waals surface area (Å²) < 4.78 is 6.49. The first-order valence-corrected chi connectivity index (χ1v) is 8.33. The van der Waals surface area contributed by atoms with Gasteiger partial charge in [0.2, 0.25) is 0 Å². The van der Waals surface area contributed by atoms with E-state index in [-0.39, 0.29) is 5.60 Å². The highest BCUT2D eigenvalue weighted by molar-refractivity contribution is 4.89. The van der Waals surface area contributed by atoms with E-state index in [1.54, 1.807) is 0 Å². The maximum Gasteiger partial charge on any atom is 0.0810 e. The maximum absolute atomic E-state index is 6.49. The highest BCUT2D eigenvalue weighted by Crippen LogP contribution is 2.37. The fraction of sp³-hybridized carbons (Fsp3) is 1.00. The van der Waals surface area contributed by atoms with Gasteiger partial charge in [-0.3, -0.25) is 0 Å². The highest BCUT2D eigenvalue weighted by Gasteiger charge is 2.36.